The Hall–Kier alpha value is -0.0700. The standard InChI is InChI=1S/C10H21O2P/c1-3-5-6-7-8-9-10-13(11,12)4-2/h9-10H,3-8H2,1-2H3,(H,11,12). The molecule has 0 amide bonds. The van der Waals surface area contributed by atoms with E-state index < -0.39 is 7.37 Å². The van der Waals surface area contributed by atoms with Crippen LogP contribution in [0.25, 0.3) is 0 Å². The molecule has 0 aromatic heterocycles. The molecule has 0 radical (unpaired) electrons. The van der Waals surface area contributed by atoms with Crippen molar-refractivity contribution in [2.75, 3.05) is 6.16 Å². The van der Waals surface area contributed by atoms with Gasteiger partial charge in [-0.15, -0.1) is 0 Å². The van der Waals surface area contributed by atoms with E-state index in [2.05, 4.69) is 6.92 Å². The SMILES string of the molecule is CCCCCCC=CP(=O)(O)CC. The van der Waals surface area contributed by atoms with Crippen LogP contribution in [0, 0.1) is 0 Å². The normalized spacial score (nSPS) is 16.2. The highest BCUT2D eigenvalue weighted by Gasteiger charge is 2.07. The molecule has 0 aliphatic rings. The molecule has 1 atom stereocenters. The fourth-order valence-corrected chi connectivity index (χ4v) is 1.72. The number of allylic oxidation sites excluding steroid dienone is 1. The Kier molecular flexibility index (Phi) is 7.31. The lowest BCUT2D eigenvalue weighted by atomic mass is 10.2. The number of rotatable bonds is 7. The molecule has 0 saturated heterocycles. The van der Waals surface area contributed by atoms with Gasteiger partial charge in [0, 0.05) is 6.16 Å². The van der Waals surface area contributed by atoms with Crippen molar-refractivity contribution < 1.29 is 9.46 Å². The van der Waals surface area contributed by atoms with Gasteiger partial charge in [0.25, 0.3) is 0 Å². The van der Waals surface area contributed by atoms with E-state index in [0.717, 1.165) is 12.8 Å². The van der Waals surface area contributed by atoms with E-state index in [4.69, 9.17) is 0 Å². The van der Waals surface area contributed by atoms with Crippen LogP contribution in [0.1, 0.15) is 46.0 Å². The minimum Gasteiger partial charge on any atom is -0.341 e. The monoisotopic (exact) mass is 204 g/mol. The molecule has 13 heavy (non-hydrogen) atoms. The molecular weight excluding hydrogens is 183 g/mol. The van der Waals surface area contributed by atoms with Crippen molar-refractivity contribution in [2.24, 2.45) is 0 Å². The maximum atomic E-state index is 11.1. The average molecular weight is 204 g/mol. The Balaban J connectivity index is 3.47. The van der Waals surface area contributed by atoms with E-state index in [1.165, 1.54) is 25.1 Å². The molecule has 0 aliphatic carbocycles. The number of hydrogen-bond donors (Lipinski definition) is 1. The highest BCUT2D eigenvalue weighted by molar-refractivity contribution is 7.61. The predicted octanol–water partition coefficient (Wildman–Crippen LogP) is 3.76. The summed E-state index contributed by atoms with van der Waals surface area (Å²) in [5, 5.41) is 0. The van der Waals surface area contributed by atoms with E-state index >= 15 is 0 Å². The van der Waals surface area contributed by atoms with Gasteiger partial charge in [-0.2, -0.15) is 0 Å². The highest BCUT2D eigenvalue weighted by atomic mass is 31.2. The summed E-state index contributed by atoms with van der Waals surface area (Å²) in [6.07, 6.45) is 7.98. The topological polar surface area (TPSA) is 37.3 Å². The van der Waals surface area contributed by atoms with Crippen LogP contribution >= 0.6 is 7.37 Å². The second kappa shape index (κ2) is 7.34. The van der Waals surface area contributed by atoms with E-state index in [1.54, 1.807) is 6.92 Å². The van der Waals surface area contributed by atoms with Crippen LogP contribution in [0.3, 0.4) is 0 Å². The lowest BCUT2D eigenvalue weighted by Gasteiger charge is -2.00. The van der Waals surface area contributed by atoms with Crippen molar-refractivity contribution in [1.29, 1.82) is 0 Å². The van der Waals surface area contributed by atoms with Gasteiger partial charge in [0.15, 0.2) is 0 Å². The van der Waals surface area contributed by atoms with Gasteiger partial charge >= 0.3 is 0 Å². The smallest absolute Gasteiger partial charge is 0.222 e. The van der Waals surface area contributed by atoms with Gasteiger partial charge in [-0.1, -0.05) is 39.2 Å². The first-order valence-corrected chi connectivity index (χ1v) is 7.03. The van der Waals surface area contributed by atoms with Crippen molar-refractivity contribution in [3.05, 3.63) is 11.9 Å². The summed E-state index contributed by atoms with van der Waals surface area (Å²) in [5.74, 6) is 1.49. The lowest BCUT2D eigenvalue weighted by molar-refractivity contribution is 0.490. The second-order valence-corrected chi connectivity index (χ2v) is 5.75. The maximum absolute atomic E-state index is 11.1. The van der Waals surface area contributed by atoms with Crippen LogP contribution in [-0.2, 0) is 4.57 Å². The molecule has 78 valence electrons. The molecule has 0 heterocycles. The van der Waals surface area contributed by atoms with Crippen LogP contribution in [0.2, 0.25) is 0 Å². The molecule has 0 spiro atoms. The lowest BCUT2D eigenvalue weighted by Crippen LogP contribution is -1.78. The van der Waals surface area contributed by atoms with Crippen LogP contribution < -0.4 is 0 Å². The Morgan fingerprint density at radius 3 is 2.46 bits per heavy atom. The first-order valence-electron chi connectivity index (χ1n) is 5.11. The average Bonchev–Trinajstić information content (AvgIpc) is 2.11. The molecule has 1 unspecified atom stereocenters. The first-order chi connectivity index (χ1) is 6.12. The minimum atomic E-state index is -2.91. The van der Waals surface area contributed by atoms with Gasteiger partial charge in [-0.3, -0.25) is 4.57 Å². The summed E-state index contributed by atoms with van der Waals surface area (Å²) in [4.78, 5) is 9.19. The first kappa shape index (κ1) is 12.9. The quantitative estimate of drug-likeness (QED) is 0.506. The Morgan fingerprint density at radius 1 is 1.23 bits per heavy atom. The molecule has 1 N–H and O–H groups in total. The molecule has 0 aromatic carbocycles. The van der Waals surface area contributed by atoms with Gasteiger partial charge < -0.3 is 4.89 Å². The zero-order chi connectivity index (χ0) is 10.2. The van der Waals surface area contributed by atoms with E-state index in [1.807, 2.05) is 6.08 Å². The van der Waals surface area contributed by atoms with E-state index in [0.29, 0.717) is 6.16 Å². The molecular formula is C10H21O2P. The Bertz CT molecular complexity index is 187. The van der Waals surface area contributed by atoms with Crippen LogP contribution in [0.15, 0.2) is 11.9 Å². The summed E-state index contributed by atoms with van der Waals surface area (Å²) in [5.41, 5.74) is 0. The molecule has 3 heteroatoms. The van der Waals surface area contributed by atoms with Gasteiger partial charge in [-0.05, 0) is 18.7 Å². The fourth-order valence-electron chi connectivity index (χ4n) is 1.03. The second-order valence-electron chi connectivity index (χ2n) is 3.31. The number of unbranched alkanes of at least 4 members (excludes halogenated alkanes) is 4. The molecule has 0 fully saturated rings. The zero-order valence-electron chi connectivity index (χ0n) is 8.70. The van der Waals surface area contributed by atoms with E-state index in [-0.39, 0.29) is 0 Å². The predicted molar refractivity (Wildman–Crippen MR) is 58.3 cm³/mol. The van der Waals surface area contributed by atoms with Crippen molar-refractivity contribution in [3.63, 3.8) is 0 Å². The molecule has 0 saturated carbocycles. The van der Waals surface area contributed by atoms with Crippen molar-refractivity contribution in [3.8, 4) is 0 Å². The Labute approximate surface area is 81.5 Å². The molecule has 0 aromatic rings. The minimum absolute atomic E-state index is 0.346. The highest BCUT2D eigenvalue weighted by Crippen LogP contribution is 2.41. The summed E-state index contributed by atoms with van der Waals surface area (Å²) < 4.78 is 11.1. The third kappa shape index (κ3) is 8.27. The van der Waals surface area contributed by atoms with Gasteiger partial charge in [-0.25, -0.2) is 0 Å². The summed E-state index contributed by atoms with van der Waals surface area (Å²) in [6.45, 7) is 3.91. The largest absolute Gasteiger partial charge is 0.341 e. The summed E-state index contributed by atoms with van der Waals surface area (Å²) >= 11 is 0. The summed E-state index contributed by atoms with van der Waals surface area (Å²) in [7, 11) is -2.91. The van der Waals surface area contributed by atoms with Crippen LogP contribution in [-0.4, -0.2) is 11.1 Å². The third-order valence-corrected chi connectivity index (χ3v) is 3.60. The molecule has 0 rings (SSSR count). The molecule has 0 bridgehead atoms. The Morgan fingerprint density at radius 2 is 1.92 bits per heavy atom. The fraction of sp³-hybridized carbons (Fsp3) is 0.800. The third-order valence-electron chi connectivity index (χ3n) is 2.02. The van der Waals surface area contributed by atoms with Gasteiger partial charge in [0.1, 0.15) is 0 Å². The van der Waals surface area contributed by atoms with E-state index in [9.17, 15) is 9.46 Å². The van der Waals surface area contributed by atoms with Crippen molar-refractivity contribution in [1.82, 2.24) is 0 Å². The van der Waals surface area contributed by atoms with Crippen LogP contribution in [0.5, 0.6) is 0 Å². The van der Waals surface area contributed by atoms with Gasteiger partial charge in [0.2, 0.25) is 7.37 Å². The number of hydrogen-bond acceptors (Lipinski definition) is 1. The molecule has 0 aliphatic heterocycles. The maximum Gasteiger partial charge on any atom is 0.222 e. The van der Waals surface area contributed by atoms with Gasteiger partial charge in [0.05, 0.1) is 0 Å². The van der Waals surface area contributed by atoms with Crippen molar-refractivity contribution >= 4 is 7.37 Å². The summed E-state index contributed by atoms with van der Waals surface area (Å²) in [6, 6.07) is 0. The van der Waals surface area contributed by atoms with Crippen LogP contribution in [0.4, 0.5) is 0 Å². The zero-order valence-corrected chi connectivity index (χ0v) is 9.59. The molecule has 2 nitrogen and oxygen atoms in total. The van der Waals surface area contributed by atoms with Crippen molar-refractivity contribution in [2.45, 2.75) is 46.0 Å².